The van der Waals surface area contributed by atoms with Crippen molar-refractivity contribution in [2.45, 2.75) is 26.3 Å². The molecule has 0 saturated carbocycles. The second-order valence-electron chi connectivity index (χ2n) is 3.41. The lowest BCUT2D eigenvalue weighted by atomic mass is 9.88. The number of nitrogens with two attached hydrogens (primary N) is 1. The Balaban J connectivity index is 4.61. The predicted octanol–water partition coefficient (Wildman–Crippen LogP) is -0.439. The molecule has 1 amide bonds. The number of carbonyl (C=O) groups excluding carboxylic acids is 1. The molecule has 0 aliphatic heterocycles. The van der Waals surface area contributed by atoms with E-state index in [9.17, 15) is 9.59 Å². The normalized spacial score (nSPS) is 15.2. The smallest absolute Gasteiger partial charge is 0.329 e. The maximum atomic E-state index is 10.9. The molecule has 0 aromatic carbocycles. The van der Waals surface area contributed by atoms with E-state index in [2.05, 4.69) is 5.32 Å². The van der Waals surface area contributed by atoms with Crippen LogP contribution in [0.4, 0.5) is 0 Å². The van der Waals surface area contributed by atoms with E-state index in [1.54, 1.807) is 13.8 Å². The summed E-state index contributed by atoms with van der Waals surface area (Å²) in [6, 6.07) is 0. The molecule has 0 aliphatic rings. The Bertz CT molecular complexity index is 215. The molecule has 0 radical (unpaired) electrons. The van der Waals surface area contributed by atoms with E-state index in [1.165, 1.54) is 6.92 Å². The first-order valence-electron chi connectivity index (χ1n) is 4.09. The molecule has 4 N–H and O–H groups in total. The van der Waals surface area contributed by atoms with Crippen molar-refractivity contribution < 1.29 is 14.7 Å². The fraction of sp³-hybridized carbons (Fsp3) is 0.750. The van der Waals surface area contributed by atoms with Crippen LogP contribution >= 0.6 is 0 Å². The molecule has 5 nitrogen and oxygen atoms in total. The number of rotatable bonds is 4. The standard InChI is InChI=1S/C8H16N2O3/c1-5(2)8(3,7(12)13)10-6(11)4-9/h5H,4,9H2,1-3H3,(H,10,11)(H,12,13). The van der Waals surface area contributed by atoms with Crippen LogP contribution in [0.5, 0.6) is 0 Å². The molecule has 5 heteroatoms. The van der Waals surface area contributed by atoms with E-state index >= 15 is 0 Å². The Labute approximate surface area is 77.3 Å². The fourth-order valence-corrected chi connectivity index (χ4v) is 0.785. The molecule has 0 aromatic rings. The number of carboxylic acids is 1. The summed E-state index contributed by atoms with van der Waals surface area (Å²) >= 11 is 0. The van der Waals surface area contributed by atoms with Crippen molar-refractivity contribution in [2.24, 2.45) is 11.7 Å². The lowest BCUT2D eigenvalue weighted by Gasteiger charge is -2.29. The van der Waals surface area contributed by atoms with E-state index in [1.807, 2.05) is 0 Å². The number of hydrogen-bond acceptors (Lipinski definition) is 3. The van der Waals surface area contributed by atoms with Crippen LogP contribution in [0.15, 0.2) is 0 Å². The molecule has 0 spiro atoms. The first-order valence-corrected chi connectivity index (χ1v) is 4.09. The van der Waals surface area contributed by atoms with E-state index in [0.29, 0.717) is 0 Å². The number of hydrogen-bond donors (Lipinski definition) is 3. The quantitative estimate of drug-likeness (QED) is 0.557. The highest BCUT2D eigenvalue weighted by Gasteiger charge is 2.37. The van der Waals surface area contributed by atoms with Crippen LogP contribution in [0, 0.1) is 5.92 Å². The molecule has 13 heavy (non-hydrogen) atoms. The zero-order valence-corrected chi connectivity index (χ0v) is 8.13. The van der Waals surface area contributed by atoms with Gasteiger partial charge in [-0.2, -0.15) is 0 Å². The summed E-state index contributed by atoms with van der Waals surface area (Å²) < 4.78 is 0. The summed E-state index contributed by atoms with van der Waals surface area (Å²) in [7, 11) is 0. The highest BCUT2D eigenvalue weighted by Crippen LogP contribution is 2.16. The maximum absolute atomic E-state index is 10.9. The zero-order valence-electron chi connectivity index (χ0n) is 8.13. The average Bonchev–Trinajstić information content (AvgIpc) is 2.03. The summed E-state index contributed by atoms with van der Waals surface area (Å²) in [4.78, 5) is 21.8. The van der Waals surface area contributed by atoms with Crippen LogP contribution in [0.1, 0.15) is 20.8 Å². The van der Waals surface area contributed by atoms with Gasteiger partial charge in [-0.1, -0.05) is 13.8 Å². The minimum atomic E-state index is -1.24. The molecule has 0 heterocycles. The van der Waals surface area contributed by atoms with Crippen molar-refractivity contribution in [3.05, 3.63) is 0 Å². The molecular formula is C8H16N2O3. The molecule has 76 valence electrons. The lowest BCUT2D eigenvalue weighted by Crippen LogP contribution is -2.57. The highest BCUT2D eigenvalue weighted by atomic mass is 16.4. The monoisotopic (exact) mass is 188 g/mol. The number of carbonyl (C=O) groups is 2. The Kier molecular flexibility index (Phi) is 3.87. The highest BCUT2D eigenvalue weighted by molar-refractivity contribution is 5.87. The first-order chi connectivity index (χ1) is 5.84. The second-order valence-corrected chi connectivity index (χ2v) is 3.41. The van der Waals surface area contributed by atoms with Gasteiger partial charge in [-0.15, -0.1) is 0 Å². The zero-order chi connectivity index (χ0) is 10.6. The van der Waals surface area contributed by atoms with Gasteiger partial charge in [0.1, 0.15) is 5.54 Å². The first kappa shape index (κ1) is 11.9. The van der Waals surface area contributed by atoms with Gasteiger partial charge < -0.3 is 16.2 Å². The Morgan fingerprint density at radius 1 is 1.54 bits per heavy atom. The van der Waals surface area contributed by atoms with Crippen molar-refractivity contribution in [3.8, 4) is 0 Å². The summed E-state index contributed by atoms with van der Waals surface area (Å²) in [5.74, 6) is -1.71. The molecule has 0 aromatic heterocycles. The van der Waals surface area contributed by atoms with Crippen LogP contribution in [-0.2, 0) is 9.59 Å². The van der Waals surface area contributed by atoms with Crippen LogP contribution < -0.4 is 11.1 Å². The van der Waals surface area contributed by atoms with Gasteiger partial charge in [0, 0.05) is 0 Å². The van der Waals surface area contributed by atoms with Crippen LogP contribution in [0.2, 0.25) is 0 Å². The third kappa shape index (κ3) is 2.69. The third-order valence-electron chi connectivity index (χ3n) is 2.18. The molecule has 0 bridgehead atoms. The summed E-state index contributed by atoms with van der Waals surface area (Å²) in [6.07, 6.45) is 0. The topological polar surface area (TPSA) is 92.4 Å². The summed E-state index contributed by atoms with van der Waals surface area (Å²) in [5.41, 5.74) is 3.83. The largest absolute Gasteiger partial charge is 0.480 e. The Morgan fingerprint density at radius 2 is 2.00 bits per heavy atom. The van der Waals surface area contributed by atoms with Gasteiger partial charge in [0.2, 0.25) is 5.91 Å². The van der Waals surface area contributed by atoms with Crippen molar-refractivity contribution >= 4 is 11.9 Å². The van der Waals surface area contributed by atoms with Crippen molar-refractivity contribution in [1.29, 1.82) is 0 Å². The van der Waals surface area contributed by atoms with Gasteiger partial charge in [0.25, 0.3) is 0 Å². The number of amides is 1. The third-order valence-corrected chi connectivity index (χ3v) is 2.18. The summed E-state index contributed by atoms with van der Waals surface area (Å²) in [5, 5.41) is 11.3. The van der Waals surface area contributed by atoms with Crippen molar-refractivity contribution in [1.82, 2.24) is 5.32 Å². The molecule has 0 fully saturated rings. The molecule has 0 rings (SSSR count). The van der Waals surface area contributed by atoms with Gasteiger partial charge in [-0.3, -0.25) is 4.79 Å². The summed E-state index contributed by atoms with van der Waals surface area (Å²) in [6.45, 7) is 4.72. The predicted molar refractivity (Wildman–Crippen MR) is 48.1 cm³/mol. The van der Waals surface area contributed by atoms with Crippen LogP contribution in [-0.4, -0.2) is 29.1 Å². The van der Waals surface area contributed by atoms with E-state index in [4.69, 9.17) is 10.8 Å². The molecule has 0 aliphatic carbocycles. The second kappa shape index (κ2) is 4.23. The maximum Gasteiger partial charge on any atom is 0.329 e. The van der Waals surface area contributed by atoms with Crippen molar-refractivity contribution in [3.63, 3.8) is 0 Å². The van der Waals surface area contributed by atoms with E-state index < -0.39 is 17.4 Å². The Hall–Kier alpha value is -1.10. The fourth-order valence-electron chi connectivity index (χ4n) is 0.785. The van der Waals surface area contributed by atoms with Gasteiger partial charge in [0.05, 0.1) is 6.54 Å². The van der Waals surface area contributed by atoms with E-state index in [0.717, 1.165) is 0 Å². The van der Waals surface area contributed by atoms with Gasteiger partial charge in [0.15, 0.2) is 0 Å². The number of aliphatic carboxylic acids is 1. The minimum Gasteiger partial charge on any atom is -0.480 e. The molecule has 0 saturated heterocycles. The van der Waals surface area contributed by atoms with Gasteiger partial charge in [-0.05, 0) is 12.8 Å². The van der Waals surface area contributed by atoms with Crippen LogP contribution in [0.3, 0.4) is 0 Å². The minimum absolute atomic E-state index is 0.194. The average molecular weight is 188 g/mol. The van der Waals surface area contributed by atoms with E-state index in [-0.39, 0.29) is 12.5 Å². The molecule has 1 unspecified atom stereocenters. The molecular weight excluding hydrogens is 172 g/mol. The number of carboxylic acid groups (broad SMARTS) is 1. The van der Waals surface area contributed by atoms with Crippen molar-refractivity contribution in [2.75, 3.05) is 6.54 Å². The van der Waals surface area contributed by atoms with Gasteiger partial charge in [-0.25, -0.2) is 4.79 Å². The van der Waals surface area contributed by atoms with Crippen LogP contribution in [0.25, 0.3) is 0 Å². The SMILES string of the molecule is CC(C)C(C)(NC(=O)CN)C(=O)O. The number of nitrogens with one attached hydrogen (secondary N) is 1. The lowest BCUT2D eigenvalue weighted by molar-refractivity contribution is -0.148. The van der Waals surface area contributed by atoms with Gasteiger partial charge >= 0.3 is 5.97 Å². The molecule has 1 atom stereocenters. The Morgan fingerprint density at radius 3 is 2.23 bits per heavy atom.